The summed E-state index contributed by atoms with van der Waals surface area (Å²) in [6, 6.07) is 18.0. The lowest BCUT2D eigenvalue weighted by Crippen LogP contribution is -2.23. The lowest BCUT2D eigenvalue weighted by atomic mass is 10.0. The minimum absolute atomic E-state index is 0.0470. The Kier molecular flexibility index (Phi) is 6.52. The predicted molar refractivity (Wildman–Crippen MR) is 116 cm³/mol. The first-order chi connectivity index (χ1) is 13.5. The molecule has 0 aliphatic carbocycles. The topological polar surface area (TPSA) is 59.8 Å². The van der Waals surface area contributed by atoms with E-state index in [4.69, 9.17) is 0 Å². The number of anilines is 1. The number of hydrogen-bond acceptors (Lipinski definition) is 4. The second kappa shape index (κ2) is 9.06. The molecule has 1 atom stereocenters. The zero-order valence-corrected chi connectivity index (χ0v) is 17.5. The average Bonchev–Trinajstić information content (AvgIpc) is 3.11. The number of carbonyl (C=O) groups excluding carboxylic acids is 1. The van der Waals surface area contributed by atoms with E-state index < -0.39 is 0 Å². The van der Waals surface area contributed by atoms with Crippen LogP contribution in [0.15, 0.2) is 59.8 Å². The molecule has 1 N–H and O–H groups in total. The van der Waals surface area contributed by atoms with Crippen molar-refractivity contribution in [3.63, 3.8) is 0 Å². The van der Waals surface area contributed by atoms with Gasteiger partial charge in [-0.25, -0.2) is 0 Å². The molecule has 0 saturated carbocycles. The van der Waals surface area contributed by atoms with Gasteiger partial charge in [-0.15, -0.1) is 10.2 Å². The van der Waals surface area contributed by atoms with Crippen LogP contribution in [0.3, 0.4) is 0 Å². The average molecular weight is 395 g/mol. The Labute approximate surface area is 170 Å². The highest BCUT2D eigenvalue weighted by molar-refractivity contribution is 8.00. The fourth-order valence-electron chi connectivity index (χ4n) is 2.87. The van der Waals surface area contributed by atoms with E-state index in [-0.39, 0.29) is 11.2 Å². The Morgan fingerprint density at radius 2 is 1.71 bits per heavy atom. The van der Waals surface area contributed by atoms with Crippen molar-refractivity contribution in [1.82, 2.24) is 14.8 Å². The van der Waals surface area contributed by atoms with E-state index in [9.17, 15) is 4.79 Å². The van der Waals surface area contributed by atoms with Crippen LogP contribution in [-0.2, 0) is 11.3 Å². The van der Waals surface area contributed by atoms with Gasteiger partial charge in [0.25, 0.3) is 0 Å². The molecule has 146 valence electrons. The molecule has 3 rings (SSSR count). The van der Waals surface area contributed by atoms with Crippen LogP contribution < -0.4 is 5.32 Å². The van der Waals surface area contributed by atoms with E-state index in [2.05, 4.69) is 48.4 Å². The third-order valence-electron chi connectivity index (χ3n) is 4.56. The van der Waals surface area contributed by atoms with Crippen LogP contribution in [0.1, 0.15) is 39.2 Å². The van der Waals surface area contributed by atoms with Crippen molar-refractivity contribution < 1.29 is 4.79 Å². The van der Waals surface area contributed by atoms with E-state index in [0.29, 0.717) is 5.92 Å². The van der Waals surface area contributed by atoms with Gasteiger partial charge in [0.2, 0.25) is 5.91 Å². The Bertz CT molecular complexity index is 919. The second-order valence-electron chi connectivity index (χ2n) is 6.94. The van der Waals surface area contributed by atoms with Crippen LogP contribution in [-0.4, -0.2) is 25.9 Å². The molecule has 1 aromatic heterocycles. The highest BCUT2D eigenvalue weighted by atomic mass is 32.2. The molecule has 3 aromatic rings. The van der Waals surface area contributed by atoms with Gasteiger partial charge in [0.15, 0.2) is 11.0 Å². The van der Waals surface area contributed by atoms with Gasteiger partial charge in [-0.1, -0.05) is 68.1 Å². The molecule has 0 bridgehead atoms. The van der Waals surface area contributed by atoms with Crippen molar-refractivity contribution in [2.75, 3.05) is 5.32 Å². The van der Waals surface area contributed by atoms with Crippen molar-refractivity contribution in [3.05, 3.63) is 60.2 Å². The van der Waals surface area contributed by atoms with Gasteiger partial charge in [0, 0.05) is 17.8 Å². The minimum Gasteiger partial charge on any atom is -0.325 e. The first kappa shape index (κ1) is 20.1. The third kappa shape index (κ3) is 4.62. The van der Waals surface area contributed by atoms with Gasteiger partial charge >= 0.3 is 0 Å². The van der Waals surface area contributed by atoms with Crippen LogP contribution >= 0.6 is 11.8 Å². The van der Waals surface area contributed by atoms with Crippen LogP contribution in [0, 0.1) is 0 Å². The fourth-order valence-corrected chi connectivity index (χ4v) is 3.78. The number of carbonyl (C=O) groups is 1. The van der Waals surface area contributed by atoms with Crippen LogP contribution in [0.4, 0.5) is 5.69 Å². The first-order valence-electron chi connectivity index (χ1n) is 9.55. The first-order valence-corrected chi connectivity index (χ1v) is 10.4. The van der Waals surface area contributed by atoms with Gasteiger partial charge in [-0.3, -0.25) is 4.79 Å². The Morgan fingerprint density at radius 3 is 2.32 bits per heavy atom. The SMILES string of the molecule is CCn1c(SC(C)C(=O)Nc2ccc(C(C)C)cc2)nnc1-c1ccccc1. The summed E-state index contributed by atoms with van der Waals surface area (Å²) in [6.45, 7) is 8.99. The summed E-state index contributed by atoms with van der Waals surface area (Å²) in [5.41, 5.74) is 3.08. The molecule has 0 spiro atoms. The lowest BCUT2D eigenvalue weighted by Gasteiger charge is -2.13. The molecule has 1 amide bonds. The molecule has 0 aliphatic rings. The Hall–Kier alpha value is -2.60. The molecule has 0 radical (unpaired) electrons. The number of nitrogens with zero attached hydrogens (tertiary/aromatic N) is 3. The highest BCUT2D eigenvalue weighted by Crippen LogP contribution is 2.27. The van der Waals surface area contributed by atoms with Gasteiger partial charge in [0.1, 0.15) is 0 Å². The molecule has 2 aromatic carbocycles. The van der Waals surface area contributed by atoms with E-state index in [0.717, 1.165) is 28.8 Å². The molecule has 5 nitrogen and oxygen atoms in total. The Balaban J connectivity index is 1.69. The summed E-state index contributed by atoms with van der Waals surface area (Å²) in [4.78, 5) is 12.6. The van der Waals surface area contributed by atoms with Crippen molar-refractivity contribution in [3.8, 4) is 11.4 Å². The number of benzene rings is 2. The maximum absolute atomic E-state index is 12.6. The molecule has 0 aliphatic heterocycles. The number of thioether (sulfide) groups is 1. The van der Waals surface area contributed by atoms with Crippen molar-refractivity contribution in [1.29, 1.82) is 0 Å². The number of nitrogens with one attached hydrogen (secondary N) is 1. The van der Waals surface area contributed by atoms with Gasteiger partial charge in [-0.2, -0.15) is 0 Å². The van der Waals surface area contributed by atoms with Crippen LogP contribution in [0.5, 0.6) is 0 Å². The summed E-state index contributed by atoms with van der Waals surface area (Å²) in [5, 5.41) is 12.1. The minimum atomic E-state index is -0.289. The highest BCUT2D eigenvalue weighted by Gasteiger charge is 2.20. The van der Waals surface area contributed by atoms with Crippen molar-refractivity contribution in [2.45, 2.75) is 50.6 Å². The maximum Gasteiger partial charge on any atom is 0.237 e. The summed E-state index contributed by atoms with van der Waals surface area (Å²) in [6.07, 6.45) is 0. The molecule has 6 heteroatoms. The molecule has 0 saturated heterocycles. The van der Waals surface area contributed by atoms with Crippen LogP contribution in [0.2, 0.25) is 0 Å². The van der Waals surface area contributed by atoms with Crippen molar-refractivity contribution in [2.24, 2.45) is 0 Å². The largest absolute Gasteiger partial charge is 0.325 e. The number of rotatable bonds is 7. The molecule has 0 fully saturated rings. The van der Waals surface area contributed by atoms with Gasteiger partial charge in [-0.05, 0) is 37.5 Å². The second-order valence-corrected chi connectivity index (χ2v) is 8.25. The molecule has 1 heterocycles. The van der Waals surface area contributed by atoms with Crippen molar-refractivity contribution >= 4 is 23.4 Å². The standard InChI is InChI=1S/C22H26N4OS/c1-5-26-20(18-9-7-6-8-10-18)24-25-22(26)28-16(4)21(27)23-19-13-11-17(12-14-19)15(2)3/h6-16H,5H2,1-4H3,(H,23,27). The van der Waals surface area contributed by atoms with Gasteiger partial charge in [0.05, 0.1) is 5.25 Å². The lowest BCUT2D eigenvalue weighted by molar-refractivity contribution is -0.115. The summed E-state index contributed by atoms with van der Waals surface area (Å²) >= 11 is 1.42. The number of hydrogen-bond donors (Lipinski definition) is 1. The van der Waals surface area contributed by atoms with E-state index in [1.54, 1.807) is 0 Å². The Morgan fingerprint density at radius 1 is 1.04 bits per heavy atom. The number of amides is 1. The smallest absolute Gasteiger partial charge is 0.237 e. The van der Waals surface area contributed by atoms with E-state index >= 15 is 0 Å². The monoisotopic (exact) mass is 394 g/mol. The molecule has 1 unspecified atom stereocenters. The van der Waals surface area contributed by atoms with Crippen LogP contribution in [0.25, 0.3) is 11.4 Å². The number of aromatic nitrogens is 3. The summed E-state index contributed by atoms with van der Waals surface area (Å²) < 4.78 is 2.04. The zero-order chi connectivity index (χ0) is 20.1. The molecule has 28 heavy (non-hydrogen) atoms. The summed E-state index contributed by atoms with van der Waals surface area (Å²) in [7, 11) is 0. The zero-order valence-electron chi connectivity index (χ0n) is 16.7. The van der Waals surface area contributed by atoms with E-state index in [1.165, 1.54) is 17.3 Å². The fraction of sp³-hybridized carbons (Fsp3) is 0.318. The third-order valence-corrected chi connectivity index (χ3v) is 5.64. The summed E-state index contributed by atoms with van der Waals surface area (Å²) in [5.74, 6) is 1.25. The van der Waals surface area contributed by atoms with Gasteiger partial charge < -0.3 is 9.88 Å². The quantitative estimate of drug-likeness (QED) is 0.559. The van der Waals surface area contributed by atoms with E-state index in [1.807, 2.05) is 54.0 Å². The molecular formula is C22H26N4OS. The normalized spacial score (nSPS) is 12.2. The molecular weight excluding hydrogens is 368 g/mol. The maximum atomic E-state index is 12.6. The predicted octanol–water partition coefficient (Wildman–Crippen LogP) is 5.21.